The van der Waals surface area contributed by atoms with Gasteiger partial charge in [0, 0.05) is 6.07 Å². The molecule has 2 N–H and O–H groups in total. The molecule has 0 spiro atoms. The summed E-state index contributed by atoms with van der Waals surface area (Å²) in [6.45, 7) is 3.91. The van der Waals surface area contributed by atoms with Crippen LogP contribution in [-0.2, 0) is 0 Å². The van der Waals surface area contributed by atoms with Crippen LogP contribution in [0.15, 0.2) is 42.5 Å². The smallest absolute Gasteiger partial charge is 0.323 e. The van der Waals surface area contributed by atoms with Crippen LogP contribution in [0.1, 0.15) is 12.5 Å². The third-order valence-electron chi connectivity index (χ3n) is 3.19. The lowest BCUT2D eigenvalue weighted by Gasteiger charge is -2.13. The average Bonchev–Trinajstić information content (AvgIpc) is 2.51. The van der Waals surface area contributed by atoms with Gasteiger partial charge in [0.25, 0.3) is 5.69 Å². The van der Waals surface area contributed by atoms with E-state index < -0.39 is 11.0 Å². The first kappa shape index (κ1) is 16.3. The number of rotatable bonds is 5. The second kappa shape index (κ2) is 7.26. The number of benzene rings is 2. The summed E-state index contributed by atoms with van der Waals surface area (Å²) < 4.78 is 5.43. The van der Waals surface area contributed by atoms with E-state index in [0.717, 1.165) is 0 Å². The molecule has 2 aromatic carbocycles. The van der Waals surface area contributed by atoms with Crippen molar-refractivity contribution in [2.75, 3.05) is 17.2 Å². The highest BCUT2D eigenvalue weighted by molar-refractivity contribution is 6.01. The highest BCUT2D eigenvalue weighted by Gasteiger charge is 2.15. The van der Waals surface area contributed by atoms with Gasteiger partial charge in [-0.15, -0.1) is 0 Å². The molecular formula is C16H17N3O4. The number of amides is 2. The molecule has 23 heavy (non-hydrogen) atoms. The molecule has 7 heteroatoms. The maximum atomic E-state index is 12.1. The summed E-state index contributed by atoms with van der Waals surface area (Å²) in [5, 5.41) is 16.2. The van der Waals surface area contributed by atoms with Crippen LogP contribution in [-0.4, -0.2) is 17.6 Å². The fourth-order valence-electron chi connectivity index (χ4n) is 2.08. The van der Waals surface area contributed by atoms with Crippen molar-refractivity contribution in [3.8, 4) is 5.75 Å². The van der Waals surface area contributed by atoms with Crippen molar-refractivity contribution in [1.82, 2.24) is 0 Å². The van der Waals surface area contributed by atoms with E-state index in [4.69, 9.17) is 4.74 Å². The number of nitro groups is 1. The molecular weight excluding hydrogens is 298 g/mol. The van der Waals surface area contributed by atoms with Crippen LogP contribution in [0.2, 0.25) is 0 Å². The molecule has 0 bridgehead atoms. The number of carbonyl (C=O) groups excluding carboxylic acids is 1. The van der Waals surface area contributed by atoms with Crippen LogP contribution < -0.4 is 15.4 Å². The van der Waals surface area contributed by atoms with Crippen LogP contribution in [0, 0.1) is 17.0 Å². The van der Waals surface area contributed by atoms with Gasteiger partial charge in [-0.1, -0.05) is 18.2 Å². The van der Waals surface area contributed by atoms with E-state index in [1.807, 2.05) is 6.92 Å². The summed E-state index contributed by atoms with van der Waals surface area (Å²) in [6.07, 6.45) is 0. The second-order valence-electron chi connectivity index (χ2n) is 4.72. The van der Waals surface area contributed by atoms with Crippen molar-refractivity contribution in [3.63, 3.8) is 0 Å². The summed E-state index contributed by atoms with van der Waals surface area (Å²) in [5.41, 5.74) is 1.25. The van der Waals surface area contributed by atoms with Crippen LogP contribution >= 0.6 is 0 Å². The van der Waals surface area contributed by atoms with E-state index in [-0.39, 0.29) is 5.69 Å². The number of carbonyl (C=O) groups is 1. The Morgan fingerprint density at radius 1 is 1.13 bits per heavy atom. The lowest BCUT2D eigenvalue weighted by Crippen LogP contribution is -2.20. The van der Waals surface area contributed by atoms with Gasteiger partial charge in [-0.25, -0.2) is 4.79 Å². The van der Waals surface area contributed by atoms with Crippen molar-refractivity contribution in [2.45, 2.75) is 13.8 Å². The summed E-state index contributed by atoms with van der Waals surface area (Å²) in [5.74, 6) is 0.556. The lowest BCUT2D eigenvalue weighted by atomic mass is 10.1. The molecule has 0 saturated carbocycles. The normalized spacial score (nSPS) is 10.0. The molecule has 0 heterocycles. The first-order chi connectivity index (χ1) is 11.0. The first-order valence-corrected chi connectivity index (χ1v) is 7.06. The Morgan fingerprint density at radius 2 is 1.78 bits per heavy atom. The molecule has 2 aromatic rings. The van der Waals surface area contributed by atoms with E-state index >= 15 is 0 Å². The summed E-state index contributed by atoms with van der Waals surface area (Å²) in [4.78, 5) is 22.6. The largest absolute Gasteiger partial charge is 0.492 e. The molecule has 0 aliphatic carbocycles. The van der Waals surface area contributed by atoms with Gasteiger partial charge in [0.05, 0.1) is 28.5 Å². The Kier molecular flexibility index (Phi) is 5.14. The molecule has 0 saturated heterocycles. The molecule has 7 nitrogen and oxygen atoms in total. The average molecular weight is 315 g/mol. The molecule has 0 unspecified atom stereocenters. The van der Waals surface area contributed by atoms with Crippen molar-refractivity contribution in [2.24, 2.45) is 0 Å². The van der Waals surface area contributed by atoms with E-state index in [0.29, 0.717) is 29.3 Å². The summed E-state index contributed by atoms with van der Waals surface area (Å²) in [6, 6.07) is 11.1. The molecule has 0 fully saturated rings. The van der Waals surface area contributed by atoms with Gasteiger partial charge >= 0.3 is 6.03 Å². The Bertz CT molecular complexity index is 731. The minimum Gasteiger partial charge on any atom is -0.492 e. The maximum Gasteiger partial charge on any atom is 0.323 e. The van der Waals surface area contributed by atoms with Gasteiger partial charge in [0.1, 0.15) is 5.75 Å². The van der Waals surface area contributed by atoms with Crippen LogP contribution in [0.5, 0.6) is 5.75 Å². The zero-order chi connectivity index (χ0) is 16.8. The number of ether oxygens (including phenoxy) is 1. The number of nitrogens with zero attached hydrogens (tertiary/aromatic N) is 1. The molecule has 0 atom stereocenters. The lowest BCUT2D eigenvalue weighted by molar-refractivity contribution is -0.385. The molecule has 120 valence electrons. The molecule has 2 amide bonds. The third kappa shape index (κ3) is 3.97. The highest BCUT2D eigenvalue weighted by atomic mass is 16.6. The van der Waals surface area contributed by atoms with E-state index in [9.17, 15) is 14.9 Å². The Morgan fingerprint density at radius 3 is 2.48 bits per heavy atom. The van der Waals surface area contributed by atoms with E-state index in [1.54, 1.807) is 37.3 Å². The van der Waals surface area contributed by atoms with E-state index in [1.165, 1.54) is 12.1 Å². The standard InChI is InChI=1S/C16H17N3O4/c1-3-23-15-10-5-4-7-13(15)18-16(20)17-12-8-6-9-14(11(12)2)19(21)22/h4-10H,3H2,1-2H3,(H2,17,18,20). The third-order valence-corrected chi connectivity index (χ3v) is 3.19. The highest BCUT2D eigenvalue weighted by Crippen LogP contribution is 2.26. The van der Waals surface area contributed by atoms with Crippen molar-refractivity contribution in [1.29, 1.82) is 0 Å². The monoisotopic (exact) mass is 315 g/mol. The summed E-state index contributed by atoms with van der Waals surface area (Å²) in [7, 11) is 0. The number of anilines is 2. The van der Waals surface area contributed by atoms with Crippen LogP contribution in [0.4, 0.5) is 21.9 Å². The molecule has 0 aliphatic rings. The quantitative estimate of drug-likeness (QED) is 0.645. The minimum atomic E-state index is -0.499. The summed E-state index contributed by atoms with van der Waals surface area (Å²) >= 11 is 0. The fraction of sp³-hybridized carbons (Fsp3) is 0.188. The topological polar surface area (TPSA) is 93.5 Å². The zero-order valence-electron chi connectivity index (χ0n) is 12.8. The van der Waals surface area contributed by atoms with Gasteiger partial charge in [0.15, 0.2) is 0 Å². The van der Waals surface area contributed by atoms with Crippen LogP contribution in [0.3, 0.4) is 0 Å². The number of urea groups is 1. The van der Waals surface area contributed by atoms with Gasteiger partial charge in [-0.3, -0.25) is 10.1 Å². The first-order valence-electron chi connectivity index (χ1n) is 7.06. The van der Waals surface area contributed by atoms with Crippen molar-refractivity contribution < 1.29 is 14.5 Å². The predicted molar refractivity (Wildman–Crippen MR) is 88.1 cm³/mol. The predicted octanol–water partition coefficient (Wildman–Crippen LogP) is 3.95. The number of hydrogen-bond donors (Lipinski definition) is 2. The Hall–Kier alpha value is -3.09. The van der Waals surface area contributed by atoms with Gasteiger partial charge in [-0.2, -0.15) is 0 Å². The Balaban J connectivity index is 2.15. The Labute approximate surface area is 133 Å². The van der Waals surface area contributed by atoms with E-state index in [2.05, 4.69) is 10.6 Å². The number of hydrogen-bond acceptors (Lipinski definition) is 4. The number of nitrogens with one attached hydrogen (secondary N) is 2. The molecule has 0 radical (unpaired) electrons. The van der Waals surface area contributed by atoms with Crippen molar-refractivity contribution >= 4 is 23.1 Å². The fourth-order valence-corrected chi connectivity index (χ4v) is 2.08. The second-order valence-corrected chi connectivity index (χ2v) is 4.72. The van der Waals surface area contributed by atoms with Gasteiger partial charge in [0.2, 0.25) is 0 Å². The maximum absolute atomic E-state index is 12.1. The number of nitro benzene ring substituents is 1. The van der Waals surface area contributed by atoms with Crippen LogP contribution in [0.25, 0.3) is 0 Å². The zero-order valence-corrected chi connectivity index (χ0v) is 12.8. The molecule has 0 aromatic heterocycles. The molecule has 2 rings (SSSR count). The van der Waals surface area contributed by atoms with Crippen molar-refractivity contribution in [3.05, 3.63) is 58.1 Å². The molecule has 0 aliphatic heterocycles. The van der Waals surface area contributed by atoms with Gasteiger partial charge in [-0.05, 0) is 32.0 Å². The SMILES string of the molecule is CCOc1ccccc1NC(=O)Nc1cccc([N+](=O)[O-])c1C. The number of para-hydroxylation sites is 2. The van der Waals surface area contributed by atoms with Gasteiger partial charge < -0.3 is 15.4 Å². The minimum absolute atomic E-state index is 0.0440.